The molecule has 1 fully saturated rings. The lowest BCUT2D eigenvalue weighted by molar-refractivity contribution is -0.183. The van der Waals surface area contributed by atoms with E-state index in [0.29, 0.717) is 19.6 Å². The maximum atomic E-state index is 9.38. The highest BCUT2D eigenvalue weighted by Crippen LogP contribution is 2.26. The molecule has 0 saturated heterocycles. The van der Waals surface area contributed by atoms with Crippen molar-refractivity contribution in [1.29, 1.82) is 0 Å². The molecule has 1 aromatic rings. The molecule has 4 heteroatoms. The van der Waals surface area contributed by atoms with E-state index in [-0.39, 0.29) is 18.3 Å². The molecule has 0 heterocycles. The fraction of sp³-hybridized carbons (Fsp3) is 0.538. The van der Waals surface area contributed by atoms with Crippen LogP contribution in [0.15, 0.2) is 30.3 Å². The van der Waals surface area contributed by atoms with Gasteiger partial charge in [0.25, 0.3) is 0 Å². The highest BCUT2D eigenvalue weighted by atomic mass is 16.6. The summed E-state index contributed by atoms with van der Waals surface area (Å²) < 4.78 is 16.2. The predicted octanol–water partition coefficient (Wildman–Crippen LogP) is 1.23. The second-order valence-electron chi connectivity index (χ2n) is 4.07. The van der Waals surface area contributed by atoms with Crippen molar-refractivity contribution in [3.05, 3.63) is 30.3 Å². The van der Waals surface area contributed by atoms with E-state index in [1.807, 2.05) is 30.3 Å². The Labute approximate surface area is 101 Å². The van der Waals surface area contributed by atoms with Gasteiger partial charge in [0.05, 0.1) is 18.8 Å². The normalized spacial score (nSPS) is 27.5. The Bertz CT molecular complexity index is 327. The van der Waals surface area contributed by atoms with Gasteiger partial charge in [-0.3, -0.25) is 0 Å². The number of aliphatic hydroxyl groups is 1. The first-order chi connectivity index (χ1) is 8.31. The summed E-state index contributed by atoms with van der Waals surface area (Å²) in [5, 5.41) is 9.38. The molecule has 3 unspecified atom stereocenters. The summed E-state index contributed by atoms with van der Waals surface area (Å²) in [5.74, 6) is 0.841. The van der Waals surface area contributed by atoms with Crippen LogP contribution >= 0.6 is 0 Å². The summed E-state index contributed by atoms with van der Waals surface area (Å²) in [6.45, 7) is 1.01. The Balaban J connectivity index is 1.61. The van der Waals surface area contributed by atoms with E-state index in [2.05, 4.69) is 0 Å². The van der Waals surface area contributed by atoms with Crippen LogP contribution in [0, 0.1) is 0 Å². The van der Waals surface area contributed by atoms with Crippen molar-refractivity contribution < 1.29 is 19.3 Å². The van der Waals surface area contributed by atoms with Gasteiger partial charge in [-0.05, 0) is 12.1 Å². The Morgan fingerprint density at radius 3 is 2.65 bits per heavy atom. The van der Waals surface area contributed by atoms with Crippen molar-refractivity contribution in [3.63, 3.8) is 0 Å². The SMILES string of the molecule is COC1C(O)CC1OCCOc1ccccc1. The number of benzene rings is 1. The zero-order valence-electron chi connectivity index (χ0n) is 9.91. The Morgan fingerprint density at radius 1 is 1.24 bits per heavy atom. The fourth-order valence-electron chi connectivity index (χ4n) is 1.91. The van der Waals surface area contributed by atoms with E-state index in [0.717, 1.165) is 5.75 Å². The first kappa shape index (κ1) is 12.4. The van der Waals surface area contributed by atoms with Crippen molar-refractivity contribution >= 4 is 0 Å². The molecule has 3 atom stereocenters. The van der Waals surface area contributed by atoms with Gasteiger partial charge >= 0.3 is 0 Å². The molecule has 0 amide bonds. The van der Waals surface area contributed by atoms with Gasteiger partial charge in [0.2, 0.25) is 0 Å². The lowest BCUT2D eigenvalue weighted by Crippen LogP contribution is -2.53. The van der Waals surface area contributed by atoms with Gasteiger partial charge in [0.15, 0.2) is 0 Å². The number of hydrogen-bond donors (Lipinski definition) is 1. The van der Waals surface area contributed by atoms with Gasteiger partial charge in [0.1, 0.15) is 18.5 Å². The standard InChI is InChI=1S/C13H18O4/c1-15-13-11(14)9-12(13)17-8-7-16-10-5-3-2-4-6-10/h2-6,11-14H,7-9H2,1H3. The van der Waals surface area contributed by atoms with Crippen LogP contribution in [0.2, 0.25) is 0 Å². The van der Waals surface area contributed by atoms with E-state index in [1.54, 1.807) is 7.11 Å². The third-order valence-corrected chi connectivity index (χ3v) is 2.92. The molecule has 94 valence electrons. The molecular weight excluding hydrogens is 220 g/mol. The van der Waals surface area contributed by atoms with Crippen molar-refractivity contribution in [3.8, 4) is 5.75 Å². The summed E-state index contributed by atoms with van der Waals surface area (Å²) in [4.78, 5) is 0. The second kappa shape index (κ2) is 6.00. The lowest BCUT2D eigenvalue weighted by atomic mass is 9.88. The number of aliphatic hydroxyl groups excluding tert-OH is 1. The molecule has 17 heavy (non-hydrogen) atoms. The minimum atomic E-state index is -0.389. The van der Waals surface area contributed by atoms with Crippen LogP contribution in [0.4, 0.5) is 0 Å². The summed E-state index contributed by atoms with van der Waals surface area (Å²) in [5.41, 5.74) is 0. The molecule has 1 aliphatic rings. The molecule has 1 aromatic carbocycles. The summed E-state index contributed by atoms with van der Waals surface area (Å²) in [7, 11) is 1.59. The van der Waals surface area contributed by atoms with Gasteiger partial charge in [-0.25, -0.2) is 0 Å². The molecule has 1 aliphatic carbocycles. The third-order valence-electron chi connectivity index (χ3n) is 2.92. The minimum absolute atomic E-state index is 0.00521. The molecule has 1 saturated carbocycles. The topological polar surface area (TPSA) is 47.9 Å². The summed E-state index contributed by atoms with van der Waals surface area (Å²) >= 11 is 0. The largest absolute Gasteiger partial charge is 0.491 e. The first-order valence-electron chi connectivity index (χ1n) is 5.81. The fourth-order valence-corrected chi connectivity index (χ4v) is 1.91. The first-order valence-corrected chi connectivity index (χ1v) is 5.81. The molecule has 0 aromatic heterocycles. The van der Waals surface area contributed by atoms with Crippen LogP contribution in [-0.4, -0.2) is 43.7 Å². The third kappa shape index (κ3) is 3.19. The van der Waals surface area contributed by atoms with Gasteiger partial charge in [0, 0.05) is 13.5 Å². The molecule has 0 bridgehead atoms. The average molecular weight is 238 g/mol. The lowest BCUT2D eigenvalue weighted by Gasteiger charge is -2.39. The van der Waals surface area contributed by atoms with E-state index >= 15 is 0 Å². The van der Waals surface area contributed by atoms with Crippen LogP contribution in [0.25, 0.3) is 0 Å². The average Bonchev–Trinajstić information content (AvgIpc) is 2.34. The molecule has 1 N–H and O–H groups in total. The highest BCUT2D eigenvalue weighted by molar-refractivity contribution is 5.20. The number of ether oxygens (including phenoxy) is 3. The minimum Gasteiger partial charge on any atom is -0.491 e. The maximum absolute atomic E-state index is 9.38. The highest BCUT2D eigenvalue weighted by Gasteiger charge is 2.40. The zero-order valence-corrected chi connectivity index (χ0v) is 9.91. The number of rotatable bonds is 6. The van der Waals surface area contributed by atoms with Crippen LogP contribution in [0.3, 0.4) is 0 Å². The molecule has 2 rings (SSSR count). The monoisotopic (exact) mass is 238 g/mol. The Hall–Kier alpha value is -1.10. The van der Waals surface area contributed by atoms with Crippen LogP contribution < -0.4 is 4.74 Å². The number of para-hydroxylation sites is 1. The smallest absolute Gasteiger partial charge is 0.119 e. The number of methoxy groups -OCH3 is 1. The van der Waals surface area contributed by atoms with Crippen molar-refractivity contribution in [2.24, 2.45) is 0 Å². The van der Waals surface area contributed by atoms with E-state index in [1.165, 1.54) is 0 Å². The van der Waals surface area contributed by atoms with E-state index < -0.39 is 0 Å². The molecular formula is C13H18O4. The van der Waals surface area contributed by atoms with E-state index in [4.69, 9.17) is 14.2 Å². The van der Waals surface area contributed by atoms with Crippen LogP contribution in [-0.2, 0) is 9.47 Å². The van der Waals surface area contributed by atoms with Gasteiger partial charge in [-0.1, -0.05) is 18.2 Å². The quantitative estimate of drug-likeness (QED) is 0.757. The number of hydrogen-bond acceptors (Lipinski definition) is 4. The molecule has 0 spiro atoms. The summed E-state index contributed by atoms with van der Waals surface area (Å²) in [6, 6.07) is 9.62. The maximum Gasteiger partial charge on any atom is 0.119 e. The molecule has 0 radical (unpaired) electrons. The second-order valence-corrected chi connectivity index (χ2v) is 4.07. The van der Waals surface area contributed by atoms with Crippen molar-refractivity contribution in [2.75, 3.05) is 20.3 Å². The van der Waals surface area contributed by atoms with Gasteiger partial charge in [-0.15, -0.1) is 0 Å². The summed E-state index contributed by atoms with van der Waals surface area (Å²) in [6.07, 6.45) is 0.0604. The van der Waals surface area contributed by atoms with Crippen LogP contribution in [0.1, 0.15) is 6.42 Å². The van der Waals surface area contributed by atoms with E-state index in [9.17, 15) is 5.11 Å². The van der Waals surface area contributed by atoms with Crippen LogP contribution in [0.5, 0.6) is 5.75 Å². The molecule has 0 aliphatic heterocycles. The predicted molar refractivity (Wildman–Crippen MR) is 63.1 cm³/mol. The van der Waals surface area contributed by atoms with Crippen molar-refractivity contribution in [2.45, 2.75) is 24.7 Å². The Kier molecular flexibility index (Phi) is 4.36. The van der Waals surface area contributed by atoms with Gasteiger partial charge in [-0.2, -0.15) is 0 Å². The van der Waals surface area contributed by atoms with Gasteiger partial charge < -0.3 is 19.3 Å². The zero-order chi connectivity index (χ0) is 12.1. The molecule has 4 nitrogen and oxygen atoms in total. The Morgan fingerprint density at radius 2 is 2.00 bits per heavy atom. The van der Waals surface area contributed by atoms with Crippen molar-refractivity contribution in [1.82, 2.24) is 0 Å².